The molecular weight excluding hydrogens is 208 g/mol. The Kier molecular flexibility index (Phi) is 4.26. The van der Waals surface area contributed by atoms with Gasteiger partial charge in [0.15, 0.2) is 0 Å². The molecule has 2 rings (SSSR count). The lowest BCUT2D eigenvalue weighted by atomic mass is 9.85. The van der Waals surface area contributed by atoms with Crippen molar-refractivity contribution in [2.45, 2.75) is 52.0 Å². The van der Waals surface area contributed by atoms with Crippen LogP contribution in [0.3, 0.4) is 0 Å². The van der Waals surface area contributed by atoms with Gasteiger partial charge < -0.3 is 5.32 Å². The van der Waals surface area contributed by atoms with Crippen LogP contribution in [0.1, 0.15) is 46.0 Å². The van der Waals surface area contributed by atoms with Gasteiger partial charge in [-0.15, -0.1) is 0 Å². The van der Waals surface area contributed by atoms with E-state index in [4.69, 9.17) is 0 Å². The van der Waals surface area contributed by atoms with Gasteiger partial charge in [-0.1, -0.05) is 20.4 Å². The number of rotatable bonds is 5. The second-order valence-electron chi connectivity index (χ2n) is 6.70. The highest BCUT2D eigenvalue weighted by atomic mass is 15.1. The molecule has 1 saturated heterocycles. The first-order valence-corrected chi connectivity index (χ1v) is 7.18. The molecule has 1 heterocycles. The van der Waals surface area contributed by atoms with E-state index in [0.717, 1.165) is 19.1 Å². The Hall–Kier alpha value is -0.340. The van der Waals surface area contributed by atoms with E-state index in [1.807, 2.05) is 0 Å². The first kappa shape index (κ1) is 13.1. The Balaban J connectivity index is 1.68. The van der Waals surface area contributed by atoms with E-state index in [0.29, 0.717) is 5.41 Å². The Bertz CT molecular complexity index is 266. The molecule has 1 saturated carbocycles. The fraction of sp³-hybridized carbons (Fsp3) is 0.867. The summed E-state index contributed by atoms with van der Waals surface area (Å²) in [4.78, 5) is 2.59. The van der Waals surface area contributed by atoms with E-state index in [9.17, 15) is 0 Å². The molecule has 1 N–H and O–H groups in total. The number of nitrogens with one attached hydrogen (secondary N) is 1. The van der Waals surface area contributed by atoms with E-state index in [-0.39, 0.29) is 0 Å². The minimum atomic E-state index is 0.544. The fourth-order valence-electron chi connectivity index (χ4n) is 2.59. The van der Waals surface area contributed by atoms with Gasteiger partial charge in [-0.25, -0.2) is 0 Å². The van der Waals surface area contributed by atoms with Gasteiger partial charge in [0, 0.05) is 19.1 Å². The molecule has 0 radical (unpaired) electrons. The molecule has 0 bridgehead atoms. The van der Waals surface area contributed by atoms with Crippen LogP contribution in [0.2, 0.25) is 0 Å². The van der Waals surface area contributed by atoms with Crippen LogP contribution < -0.4 is 5.32 Å². The van der Waals surface area contributed by atoms with Crippen LogP contribution in [-0.2, 0) is 0 Å². The lowest BCUT2D eigenvalue weighted by molar-refractivity contribution is 0.276. The first-order chi connectivity index (χ1) is 8.05. The second-order valence-corrected chi connectivity index (χ2v) is 6.70. The minimum absolute atomic E-state index is 0.544. The molecule has 17 heavy (non-hydrogen) atoms. The molecule has 2 nitrogen and oxygen atoms in total. The average Bonchev–Trinajstić information content (AvgIpc) is 3.06. The highest BCUT2D eigenvalue weighted by Gasteiger charge is 2.23. The average molecular weight is 236 g/mol. The zero-order valence-electron chi connectivity index (χ0n) is 11.6. The highest BCUT2D eigenvalue weighted by Crippen LogP contribution is 2.29. The number of likely N-dealkylation sites (tertiary alicyclic amines) is 1. The van der Waals surface area contributed by atoms with Crippen molar-refractivity contribution in [2.75, 3.05) is 26.2 Å². The second kappa shape index (κ2) is 5.53. The van der Waals surface area contributed by atoms with Crippen molar-refractivity contribution in [3.8, 4) is 0 Å². The predicted molar refractivity (Wildman–Crippen MR) is 74.2 cm³/mol. The maximum Gasteiger partial charge on any atom is 0.0202 e. The van der Waals surface area contributed by atoms with Gasteiger partial charge in [0.05, 0.1) is 0 Å². The molecule has 0 unspecified atom stereocenters. The molecule has 2 heteroatoms. The van der Waals surface area contributed by atoms with E-state index >= 15 is 0 Å². The summed E-state index contributed by atoms with van der Waals surface area (Å²) >= 11 is 0. The Morgan fingerprint density at radius 2 is 2.06 bits per heavy atom. The molecule has 0 spiro atoms. The van der Waals surface area contributed by atoms with Gasteiger partial charge in [0.25, 0.3) is 0 Å². The monoisotopic (exact) mass is 236 g/mol. The lowest BCUT2D eigenvalue weighted by Crippen LogP contribution is -2.31. The zero-order chi connectivity index (χ0) is 12.3. The molecule has 1 aliphatic heterocycles. The third-order valence-corrected chi connectivity index (χ3v) is 4.10. The van der Waals surface area contributed by atoms with Crippen molar-refractivity contribution in [3.05, 3.63) is 12.2 Å². The van der Waals surface area contributed by atoms with Gasteiger partial charge in [0.2, 0.25) is 0 Å². The molecule has 0 atom stereocenters. The van der Waals surface area contributed by atoms with Gasteiger partial charge in [-0.2, -0.15) is 0 Å². The van der Waals surface area contributed by atoms with Crippen molar-refractivity contribution >= 4 is 0 Å². The number of hydrogen-bond donors (Lipinski definition) is 1. The summed E-state index contributed by atoms with van der Waals surface area (Å²) in [5, 5.41) is 3.55. The van der Waals surface area contributed by atoms with Gasteiger partial charge in [-0.3, -0.25) is 4.90 Å². The molecule has 98 valence electrons. The van der Waals surface area contributed by atoms with E-state index in [1.54, 1.807) is 0 Å². The molecule has 0 aromatic carbocycles. The summed E-state index contributed by atoms with van der Waals surface area (Å²) in [6.45, 7) is 13.6. The summed E-state index contributed by atoms with van der Waals surface area (Å²) in [6.07, 6.45) is 6.78. The molecule has 1 aliphatic carbocycles. The topological polar surface area (TPSA) is 15.3 Å². The molecule has 2 aliphatic rings. The van der Waals surface area contributed by atoms with Crippen LogP contribution in [0, 0.1) is 5.41 Å². The highest BCUT2D eigenvalue weighted by molar-refractivity contribution is 5.02. The van der Waals surface area contributed by atoms with Crippen LogP contribution >= 0.6 is 0 Å². The maximum atomic E-state index is 4.21. The molecule has 0 amide bonds. The zero-order valence-corrected chi connectivity index (χ0v) is 11.6. The van der Waals surface area contributed by atoms with Gasteiger partial charge >= 0.3 is 0 Å². The summed E-state index contributed by atoms with van der Waals surface area (Å²) in [5.41, 5.74) is 1.90. The van der Waals surface area contributed by atoms with Crippen molar-refractivity contribution < 1.29 is 0 Å². The van der Waals surface area contributed by atoms with Crippen LogP contribution in [0.25, 0.3) is 0 Å². The minimum Gasteiger partial charge on any atom is -0.310 e. The third kappa shape index (κ3) is 4.81. The normalized spacial score (nSPS) is 25.5. The molecule has 0 aromatic rings. The van der Waals surface area contributed by atoms with Crippen LogP contribution in [0.4, 0.5) is 0 Å². The van der Waals surface area contributed by atoms with Gasteiger partial charge in [0.1, 0.15) is 0 Å². The van der Waals surface area contributed by atoms with Crippen LogP contribution in [-0.4, -0.2) is 37.1 Å². The maximum absolute atomic E-state index is 4.21. The van der Waals surface area contributed by atoms with Gasteiger partial charge in [-0.05, 0) is 56.2 Å². The van der Waals surface area contributed by atoms with Crippen LogP contribution in [0.15, 0.2) is 12.2 Å². The first-order valence-electron chi connectivity index (χ1n) is 7.18. The SMILES string of the molecule is C=C(CNC1CC1)CN1CCCC(C)(C)CC1. The number of hydrogen-bond acceptors (Lipinski definition) is 2. The standard InChI is InChI=1S/C15H28N2/c1-13(11-16-14-5-6-14)12-17-9-4-7-15(2,3)8-10-17/h14,16H,1,4-12H2,2-3H3. The Morgan fingerprint density at radius 1 is 1.29 bits per heavy atom. The fourth-order valence-corrected chi connectivity index (χ4v) is 2.59. The van der Waals surface area contributed by atoms with Crippen LogP contribution in [0.5, 0.6) is 0 Å². The van der Waals surface area contributed by atoms with E-state index in [1.165, 1.54) is 50.8 Å². The largest absolute Gasteiger partial charge is 0.310 e. The lowest BCUT2D eigenvalue weighted by Gasteiger charge is -2.24. The Morgan fingerprint density at radius 3 is 2.76 bits per heavy atom. The smallest absolute Gasteiger partial charge is 0.0202 e. The summed E-state index contributed by atoms with van der Waals surface area (Å²) in [5.74, 6) is 0. The molecule has 0 aromatic heterocycles. The van der Waals surface area contributed by atoms with Crippen molar-refractivity contribution in [1.29, 1.82) is 0 Å². The number of nitrogens with zero attached hydrogens (tertiary/aromatic N) is 1. The summed E-state index contributed by atoms with van der Waals surface area (Å²) in [6, 6.07) is 0.801. The quantitative estimate of drug-likeness (QED) is 0.738. The predicted octanol–water partition coefficient (Wildman–Crippen LogP) is 2.81. The van der Waals surface area contributed by atoms with Crippen molar-refractivity contribution in [1.82, 2.24) is 10.2 Å². The molecule has 2 fully saturated rings. The Labute approximate surface area is 106 Å². The van der Waals surface area contributed by atoms with Crippen molar-refractivity contribution in [3.63, 3.8) is 0 Å². The third-order valence-electron chi connectivity index (χ3n) is 4.10. The van der Waals surface area contributed by atoms with Crippen molar-refractivity contribution in [2.24, 2.45) is 5.41 Å². The summed E-state index contributed by atoms with van der Waals surface area (Å²) < 4.78 is 0. The summed E-state index contributed by atoms with van der Waals surface area (Å²) in [7, 11) is 0. The van der Waals surface area contributed by atoms with E-state index < -0.39 is 0 Å². The molecular formula is C15H28N2. The van der Waals surface area contributed by atoms with E-state index in [2.05, 4.69) is 30.6 Å².